The van der Waals surface area contributed by atoms with Gasteiger partial charge in [0.1, 0.15) is 0 Å². The van der Waals surface area contributed by atoms with Gasteiger partial charge in [0, 0.05) is 26.3 Å². The number of amides is 2. The van der Waals surface area contributed by atoms with Crippen molar-refractivity contribution in [3.05, 3.63) is 0 Å². The second-order valence-corrected chi connectivity index (χ2v) is 5.67. The molecule has 102 valence electrons. The number of hydrogen-bond acceptors (Lipinski definition) is 4. The van der Waals surface area contributed by atoms with Gasteiger partial charge in [-0.2, -0.15) is 0 Å². The third kappa shape index (κ3) is 2.22. The van der Waals surface area contributed by atoms with Gasteiger partial charge >= 0.3 is 0 Å². The molecule has 2 aliphatic heterocycles. The van der Waals surface area contributed by atoms with Crippen LogP contribution in [0.2, 0.25) is 0 Å². The van der Waals surface area contributed by atoms with Crippen molar-refractivity contribution in [1.82, 2.24) is 4.90 Å². The lowest BCUT2D eigenvalue weighted by Gasteiger charge is -2.35. The molecule has 0 saturated carbocycles. The van der Waals surface area contributed by atoms with Gasteiger partial charge in [0.2, 0.25) is 11.8 Å². The fourth-order valence-corrected chi connectivity index (χ4v) is 2.60. The van der Waals surface area contributed by atoms with E-state index in [1.807, 2.05) is 0 Å². The Labute approximate surface area is 107 Å². The number of rotatable bonds is 2. The van der Waals surface area contributed by atoms with Gasteiger partial charge in [-0.3, -0.25) is 9.59 Å². The zero-order valence-corrected chi connectivity index (χ0v) is 10.8. The summed E-state index contributed by atoms with van der Waals surface area (Å²) in [6.45, 7) is 3.77. The zero-order valence-electron chi connectivity index (χ0n) is 10.8. The molecular formula is C12H21N3O3. The number of likely N-dealkylation sites (tertiary alicyclic amines) is 1. The molecule has 0 aromatic heterocycles. The van der Waals surface area contributed by atoms with Crippen LogP contribution in [0.25, 0.3) is 0 Å². The molecule has 2 rings (SSSR count). The van der Waals surface area contributed by atoms with Gasteiger partial charge in [0.05, 0.1) is 11.0 Å². The lowest BCUT2D eigenvalue weighted by molar-refractivity contribution is -0.140. The number of nitrogens with zero attached hydrogens (tertiary/aromatic N) is 1. The minimum atomic E-state index is -0.832. The number of hydrogen-bond donors (Lipinski definition) is 2. The van der Waals surface area contributed by atoms with Crippen LogP contribution in [-0.4, -0.2) is 48.6 Å². The summed E-state index contributed by atoms with van der Waals surface area (Å²) in [6.07, 6.45) is 1.69. The van der Waals surface area contributed by atoms with E-state index in [0.717, 1.165) is 0 Å². The van der Waals surface area contributed by atoms with E-state index in [1.165, 1.54) is 0 Å². The lowest BCUT2D eigenvalue weighted by Crippen LogP contribution is -2.58. The summed E-state index contributed by atoms with van der Waals surface area (Å²) in [5.41, 5.74) is 10.1. The number of carbonyl (C=O) groups excluding carboxylic acids is 2. The molecule has 4 N–H and O–H groups in total. The molecule has 18 heavy (non-hydrogen) atoms. The molecular weight excluding hydrogens is 234 g/mol. The Balaban J connectivity index is 2.05. The molecule has 6 heteroatoms. The Bertz CT molecular complexity index is 366. The van der Waals surface area contributed by atoms with E-state index in [1.54, 1.807) is 11.8 Å². The lowest BCUT2D eigenvalue weighted by atomic mass is 9.88. The fraction of sp³-hybridized carbons (Fsp3) is 0.833. The van der Waals surface area contributed by atoms with Crippen molar-refractivity contribution in [3.8, 4) is 0 Å². The topological polar surface area (TPSA) is 98.7 Å². The molecule has 1 atom stereocenters. The van der Waals surface area contributed by atoms with E-state index in [-0.39, 0.29) is 11.8 Å². The minimum absolute atomic E-state index is 0.0734. The maximum atomic E-state index is 12.4. The molecule has 0 bridgehead atoms. The zero-order chi connectivity index (χ0) is 13.4. The second-order valence-electron chi connectivity index (χ2n) is 5.67. The quantitative estimate of drug-likeness (QED) is 0.676. The van der Waals surface area contributed by atoms with Crippen molar-refractivity contribution < 1.29 is 14.3 Å². The van der Waals surface area contributed by atoms with Crippen LogP contribution in [0.1, 0.15) is 26.2 Å². The van der Waals surface area contributed by atoms with Crippen LogP contribution in [0.15, 0.2) is 0 Å². The molecule has 2 aliphatic rings. The Morgan fingerprint density at radius 2 is 1.83 bits per heavy atom. The molecule has 0 aliphatic carbocycles. The summed E-state index contributed by atoms with van der Waals surface area (Å²) in [6, 6.07) is 0. The third-order valence-corrected chi connectivity index (χ3v) is 4.17. The Hall–Kier alpha value is -1.14. The monoisotopic (exact) mass is 255 g/mol. The van der Waals surface area contributed by atoms with Crippen LogP contribution >= 0.6 is 0 Å². The van der Waals surface area contributed by atoms with Crippen LogP contribution in [-0.2, 0) is 14.3 Å². The first-order chi connectivity index (χ1) is 8.37. The highest BCUT2D eigenvalue weighted by atomic mass is 16.5. The van der Waals surface area contributed by atoms with Crippen molar-refractivity contribution in [3.63, 3.8) is 0 Å². The molecule has 0 spiro atoms. The number of primary amides is 1. The standard InChI is InChI=1S/C12H21N3O3/c1-11(9(13)16)2-5-15(8-11)10(17)12(14)3-6-18-7-4-12/h2-8,14H2,1H3,(H2,13,16). The van der Waals surface area contributed by atoms with Crippen LogP contribution in [0, 0.1) is 5.41 Å². The summed E-state index contributed by atoms with van der Waals surface area (Å²) >= 11 is 0. The molecule has 2 amide bonds. The Morgan fingerprint density at radius 3 is 2.33 bits per heavy atom. The molecule has 0 aromatic rings. The SMILES string of the molecule is CC1(C(N)=O)CCN(C(=O)C2(N)CCOCC2)C1. The first-order valence-electron chi connectivity index (χ1n) is 6.33. The van der Waals surface area contributed by atoms with Crippen molar-refractivity contribution >= 4 is 11.8 Å². The first-order valence-corrected chi connectivity index (χ1v) is 6.33. The average molecular weight is 255 g/mol. The van der Waals surface area contributed by atoms with Crippen LogP contribution in [0.4, 0.5) is 0 Å². The van der Waals surface area contributed by atoms with E-state index in [9.17, 15) is 9.59 Å². The smallest absolute Gasteiger partial charge is 0.242 e. The predicted molar refractivity (Wildman–Crippen MR) is 65.5 cm³/mol. The predicted octanol–water partition coefficient (Wildman–Crippen LogP) is -0.782. The highest BCUT2D eigenvalue weighted by Crippen LogP contribution is 2.32. The van der Waals surface area contributed by atoms with E-state index in [4.69, 9.17) is 16.2 Å². The van der Waals surface area contributed by atoms with Gasteiger partial charge in [-0.05, 0) is 26.2 Å². The number of nitrogens with two attached hydrogens (primary N) is 2. The van der Waals surface area contributed by atoms with Crippen molar-refractivity contribution in [2.24, 2.45) is 16.9 Å². The van der Waals surface area contributed by atoms with Gasteiger partial charge in [-0.25, -0.2) is 0 Å². The molecule has 2 heterocycles. The molecule has 0 aromatic carbocycles. The third-order valence-electron chi connectivity index (χ3n) is 4.17. The van der Waals surface area contributed by atoms with Crippen molar-refractivity contribution in [2.45, 2.75) is 31.7 Å². The summed E-state index contributed by atoms with van der Waals surface area (Å²) in [4.78, 5) is 25.5. The van der Waals surface area contributed by atoms with Crippen LogP contribution in [0.3, 0.4) is 0 Å². The molecule has 1 unspecified atom stereocenters. The first kappa shape index (κ1) is 13.3. The minimum Gasteiger partial charge on any atom is -0.381 e. The molecule has 6 nitrogen and oxygen atoms in total. The van der Waals surface area contributed by atoms with Crippen LogP contribution < -0.4 is 11.5 Å². The van der Waals surface area contributed by atoms with E-state index in [0.29, 0.717) is 45.6 Å². The van der Waals surface area contributed by atoms with E-state index >= 15 is 0 Å². The summed E-state index contributed by atoms with van der Waals surface area (Å²) in [5, 5.41) is 0. The van der Waals surface area contributed by atoms with E-state index < -0.39 is 11.0 Å². The van der Waals surface area contributed by atoms with Gasteiger partial charge in [0.15, 0.2) is 0 Å². The van der Waals surface area contributed by atoms with Gasteiger partial charge < -0.3 is 21.1 Å². The normalized spacial score (nSPS) is 31.3. The molecule has 2 fully saturated rings. The van der Waals surface area contributed by atoms with Crippen molar-refractivity contribution in [1.29, 1.82) is 0 Å². The van der Waals surface area contributed by atoms with Gasteiger partial charge in [0.25, 0.3) is 0 Å². The maximum Gasteiger partial charge on any atom is 0.242 e. The van der Waals surface area contributed by atoms with Gasteiger partial charge in [-0.1, -0.05) is 0 Å². The Kier molecular flexibility index (Phi) is 3.33. The molecule has 2 saturated heterocycles. The van der Waals surface area contributed by atoms with Crippen molar-refractivity contribution in [2.75, 3.05) is 26.3 Å². The number of carbonyl (C=O) groups is 2. The largest absolute Gasteiger partial charge is 0.381 e. The Morgan fingerprint density at radius 1 is 1.22 bits per heavy atom. The van der Waals surface area contributed by atoms with Crippen LogP contribution in [0.5, 0.6) is 0 Å². The molecule has 0 radical (unpaired) electrons. The summed E-state index contributed by atoms with van der Waals surface area (Å²) < 4.78 is 5.23. The van der Waals surface area contributed by atoms with Gasteiger partial charge in [-0.15, -0.1) is 0 Å². The second kappa shape index (κ2) is 4.51. The fourth-order valence-electron chi connectivity index (χ4n) is 2.60. The maximum absolute atomic E-state index is 12.4. The highest BCUT2D eigenvalue weighted by Gasteiger charge is 2.46. The number of ether oxygens (including phenoxy) is 1. The summed E-state index contributed by atoms with van der Waals surface area (Å²) in [5.74, 6) is -0.424. The summed E-state index contributed by atoms with van der Waals surface area (Å²) in [7, 11) is 0. The average Bonchev–Trinajstić information content (AvgIpc) is 2.73. The highest BCUT2D eigenvalue weighted by molar-refractivity contribution is 5.88. The van der Waals surface area contributed by atoms with E-state index in [2.05, 4.69) is 0 Å².